The van der Waals surface area contributed by atoms with Crippen LogP contribution in [0.15, 0.2) is 12.1 Å². The van der Waals surface area contributed by atoms with Crippen molar-refractivity contribution in [3.05, 3.63) is 22.7 Å². The molecule has 0 saturated heterocycles. The van der Waals surface area contributed by atoms with E-state index in [2.05, 4.69) is 5.32 Å². The van der Waals surface area contributed by atoms with Gasteiger partial charge < -0.3 is 19.5 Å². The van der Waals surface area contributed by atoms with Crippen LogP contribution in [0.1, 0.15) is 30.6 Å². The summed E-state index contributed by atoms with van der Waals surface area (Å²) in [6.07, 6.45) is 0.803. The third-order valence-electron chi connectivity index (χ3n) is 3.02. The second-order valence-corrected chi connectivity index (χ2v) is 5.05. The van der Waals surface area contributed by atoms with E-state index in [1.807, 2.05) is 13.8 Å². The van der Waals surface area contributed by atoms with E-state index in [-0.39, 0.29) is 35.9 Å². The minimum Gasteiger partial charge on any atom is -0.454 e. The van der Waals surface area contributed by atoms with Crippen LogP contribution in [0, 0.1) is 0 Å². The topological polar surface area (TPSA) is 73.9 Å². The van der Waals surface area contributed by atoms with Crippen molar-refractivity contribution < 1.29 is 23.8 Å². The number of hydrogen-bond acceptors (Lipinski definition) is 5. The molecule has 1 aliphatic heterocycles. The number of hydrogen-bond donors (Lipinski definition) is 1. The van der Waals surface area contributed by atoms with Gasteiger partial charge in [0.25, 0.3) is 5.91 Å². The SMILES string of the molecule is CC[C@H](C)NC(=O)COC(=O)c1cc(Cl)c2c(c1)OCO2. The van der Waals surface area contributed by atoms with Gasteiger partial charge in [0, 0.05) is 6.04 Å². The fourth-order valence-corrected chi connectivity index (χ4v) is 1.98. The van der Waals surface area contributed by atoms with Gasteiger partial charge >= 0.3 is 5.97 Å². The Morgan fingerprint density at radius 1 is 1.43 bits per heavy atom. The van der Waals surface area contributed by atoms with Crippen molar-refractivity contribution in [3.8, 4) is 11.5 Å². The largest absolute Gasteiger partial charge is 0.454 e. The first kappa shape index (κ1) is 15.4. The van der Waals surface area contributed by atoms with Gasteiger partial charge in [-0.2, -0.15) is 0 Å². The molecule has 21 heavy (non-hydrogen) atoms. The summed E-state index contributed by atoms with van der Waals surface area (Å²) < 4.78 is 15.3. The lowest BCUT2D eigenvalue weighted by Crippen LogP contribution is -2.35. The van der Waals surface area contributed by atoms with Crippen LogP contribution in [-0.2, 0) is 9.53 Å². The molecule has 2 rings (SSSR count). The minimum atomic E-state index is -0.644. The molecule has 1 amide bonds. The summed E-state index contributed by atoms with van der Waals surface area (Å²) in [5.74, 6) is -0.194. The average Bonchev–Trinajstić information content (AvgIpc) is 2.93. The Labute approximate surface area is 127 Å². The van der Waals surface area contributed by atoms with E-state index in [0.717, 1.165) is 6.42 Å². The van der Waals surface area contributed by atoms with Crippen molar-refractivity contribution in [2.24, 2.45) is 0 Å². The van der Waals surface area contributed by atoms with Gasteiger partial charge in [-0.3, -0.25) is 4.79 Å². The van der Waals surface area contributed by atoms with Crippen LogP contribution in [0.4, 0.5) is 0 Å². The minimum absolute atomic E-state index is 0.0381. The predicted octanol–water partition coefficient (Wildman–Crippen LogP) is 2.14. The molecule has 6 nitrogen and oxygen atoms in total. The highest BCUT2D eigenvalue weighted by Crippen LogP contribution is 2.39. The van der Waals surface area contributed by atoms with Crippen LogP contribution in [0.2, 0.25) is 5.02 Å². The van der Waals surface area contributed by atoms with E-state index in [1.54, 1.807) is 0 Å². The molecule has 0 aromatic heterocycles. The summed E-state index contributed by atoms with van der Waals surface area (Å²) in [7, 11) is 0. The van der Waals surface area contributed by atoms with Gasteiger partial charge in [-0.1, -0.05) is 18.5 Å². The van der Waals surface area contributed by atoms with Gasteiger partial charge in [0.1, 0.15) is 0 Å². The highest BCUT2D eigenvalue weighted by atomic mass is 35.5. The van der Waals surface area contributed by atoms with Crippen molar-refractivity contribution in [1.82, 2.24) is 5.32 Å². The van der Waals surface area contributed by atoms with E-state index in [9.17, 15) is 9.59 Å². The van der Waals surface area contributed by atoms with E-state index in [4.69, 9.17) is 25.8 Å². The van der Waals surface area contributed by atoms with Crippen LogP contribution >= 0.6 is 11.6 Å². The second kappa shape index (κ2) is 6.67. The summed E-state index contributed by atoms with van der Waals surface area (Å²) in [5.41, 5.74) is 0.209. The molecular formula is C14H16ClNO5. The van der Waals surface area contributed by atoms with Crippen molar-refractivity contribution in [3.63, 3.8) is 0 Å². The Morgan fingerprint density at radius 2 is 2.19 bits per heavy atom. The Morgan fingerprint density at radius 3 is 2.90 bits per heavy atom. The van der Waals surface area contributed by atoms with Crippen LogP contribution in [0.3, 0.4) is 0 Å². The molecule has 1 heterocycles. The van der Waals surface area contributed by atoms with Gasteiger partial charge in [0.15, 0.2) is 18.1 Å². The molecule has 0 saturated carbocycles. The van der Waals surface area contributed by atoms with E-state index < -0.39 is 5.97 Å². The number of carbonyl (C=O) groups is 2. The van der Waals surface area contributed by atoms with Gasteiger partial charge in [-0.25, -0.2) is 4.79 Å². The molecule has 0 fully saturated rings. The molecule has 0 spiro atoms. The fourth-order valence-electron chi connectivity index (χ4n) is 1.72. The normalized spacial score (nSPS) is 13.7. The molecule has 1 aromatic rings. The number of ether oxygens (including phenoxy) is 3. The number of nitrogens with one attached hydrogen (secondary N) is 1. The lowest BCUT2D eigenvalue weighted by molar-refractivity contribution is -0.124. The monoisotopic (exact) mass is 313 g/mol. The highest BCUT2D eigenvalue weighted by Gasteiger charge is 2.21. The lowest BCUT2D eigenvalue weighted by Gasteiger charge is -2.11. The molecule has 0 aliphatic carbocycles. The van der Waals surface area contributed by atoms with Crippen LogP contribution in [0.5, 0.6) is 11.5 Å². The summed E-state index contributed by atoms with van der Waals surface area (Å²) in [4.78, 5) is 23.4. The maximum Gasteiger partial charge on any atom is 0.338 e. The first-order valence-electron chi connectivity index (χ1n) is 6.57. The standard InChI is InChI=1S/C14H16ClNO5/c1-3-8(2)16-12(17)6-19-14(18)9-4-10(15)13-11(5-9)20-7-21-13/h4-5,8H,3,6-7H2,1-2H3,(H,16,17)/t8-/m0/s1. The lowest BCUT2D eigenvalue weighted by atomic mass is 10.2. The van der Waals surface area contributed by atoms with E-state index in [0.29, 0.717) is 11.5 Å². The molecule has 1 aromatic carbocycles. The number of rotatable bonds is 5. The second-order valence-electron chi connectivity index (χ2n) is 4.64. The number of amides is 1. The number of halogens is 1. The highest BCUT2D eigenvalue weighted by molar-refractivity contribution is 6.32. The quantitative estimate of drug-likeness (QED) is 0.843. The van der Waals surface area contributed by atoms with Crippen molar-refractivity contribution in [2.75, 3.05) is 13.4 Å². The van der Waals surface area contributed by atoms with E-state index in [1.165, 1.54) is 12.1 Å². The Balaban J connectivity index is 1.95. The fraction of sp³-hybridized carbons (Fsp3) is 0.429. The van der Waals surface area contributed by atoms with Crippen LogP contribution < -0.4 is 14.8 Å². The number of carbonyl (C=O) groups excluding carboxylic acids is 2. The zero-order valence-electron chi connectivity index (χ0n) is 11.8. The van der Waals surface area contributed by atoms with Gasteiger partial charge in [-0.15, -0.1) is 0 Å². The Kier molecular flexibility index (Phi) is 4.90. The van der Waals surface area contributed by atoms with Crippen molar-refractivity contribution >= 4 is 23.5 Å². The third kappa shape index (κ3) is 3.78. The molecule has 114 valence electrons. The first-order valence-corrected chi connectivity index (χ1v) is 6.94. The predicted molar refractivity (Wildman–Crippen MR) is 75.8 cm³/mol. The first-order chi connectivity index (χ1) is 10.0. The van der Waals surface area contributed by atoms with Gasteiger partial charge in [-0.05, 0) is 25.5 Å². The van der Waals surface area contributed by atoms with Gasteiger partial charge in [0.2, 0.25) is 6.79 Å². The Bertz CT molecular complexity index is 561. The van der Waals surface area contributed by atoms with Gasteiger partial charge in [0.05, 0.1) is 10.6 Å². The third-order valence-corrected chi connectivity index (χ3v) is 3.30. The summed E-state index contributed by atoms with van der Waals surface area (Å²) in [6, 6.07) is 2.93. The van der Waals surface area contributed by atoms with Crippen LogP contribution in [-0.4, -0.2) is 31.3 Å². The molecule has 0 bridgehead atoms. The van der Waals surface area contributed by atoms with Crippen molar-refractivity contribution in [2.45, 2.75) is 26.3 Å². The summed E-state index contributed by atoms with van der Waals surface area (Å²) in [6.45, 7) is 3.54. The number of esters is 1. The summed E-state index contributed by atoms with van der Waals surface area (Å²) >= 11 is 5.98. The maximum absolute atomic E-state index is 11.9. The number of benzene rings is 1. The average molecular weight is 314 g/mol. The smallest absolute Gasteiger partial charge is 0.338 e. The molecule has 0 unspecified atom stereocenters. The molecule has 1 aliphatic rings. The van der Waals surface area contributed by atoms with E-state index >= 15 is 0 Å². The Hall–Kier alpha value is -1.95. The zero-order valence-corrected chi connectivity index (χ0v) is 12.5. The molecule has 0 radical (unpaired) electrons. The maximum atomic E-state index is 11.9. The summed E-state index contributed by atoms with van der Waals surface area (Å²) in [5, 5.41) is 2.97. The van der Waals surface area contributed by atoms with Crippen LogP contribution in [0.25, 0.3) is 0 Å². The number of fused-ring (bicyclic) bond motifs is 1. The zero-order chi connectivity index (χ0) is 15.4. The molecular weight excluding hydrogens is 298 g/mol. The molecule has 7 heteroatoms. The molecule has 1 atom stereocenters. The molecule has 1 N–H and O–H groups in total. The van der Waals surface area contributed by atoms with Crippen molar-refractivity contribution in [1.29, 1.82) is 0 Å².